The Bertz CT molecular complexity index is 507. The van der Waals surface area contributed by atoms with E-state index < -0.39 is 0 Å². The van der Waals surface area contributed by atoms with Crippen LogP contribution in [0.5, 0.6) is 0 Å². The minimum absolute atomic E-state index is 0.270. The van der Waals surface area contributed by atoms with Crippen LogP contribution >= 0.6 is 34.8 Å². The summed E-state index contributed by atoms with van der Waals surface area (Å²) in [5.74, 6) is 0.731. The van der Waals surface area contributed by atoms with Gasteiger partial charge in [0.2, 0.25) is 0 Å². The second-order valence-corrected chi connectivity index (χ2v) is 4.77. The van der Waals surface area contributed by atoms with E-state index in [0.29, 0.717) is 21.4 Å². The summed E-state index contributed by atoms with van der Waals surface area (Å²) in [7, 11) is 0. The topological polar surface area (TPSA) is 38.9 Å². The summed E-state index contributed by atoms with van der Waals surface area (Å²) in [5.41, 5.74) is 0.537. The summed E-state index contributed by atoms with van der Waals surface area (Å²) in [4.78, 5) is 4.19. The van der Waals surface area contributed by atoms with Gasteiger partial charge in [0, 0.05) is 0 Å². The van der Waals surface area contributed by atoms with Crippen molar-refractivity contribution in [1.29, 1.82) is 0 Å². The first-order chi connectivity index (χ1) is 8.13. The van der Waals surface area contributed by atoms with Crippen LogP contribution in [0.3, 0.4) is 0 Å². The van der Waals surface area contributed by atoms with Gasteiger partial charge in [-0.25, -0.2) is 0 Å². The zero-order valence-corrected chi connectivity index (χ0v) is 11.2. The summed E-state index contributed by atoms with van der Waals surface area (Å²) < 4.78 is 5.12. The second kappa shape index (κ2) is 5.25. The van der Waals surface area contributed by atoms with Crippen LogP contribution in [0.4, 0.5) is 0 Å². The molecule has 17 heavy (non-hydrogen) atoms. The molecule has 1 atom stereocenters. The highest BCUT2D eigenvalue weighted by atomic mass is 35.5. The number of hydrogen-bond acceptors (Lipinski definition) is 3. The molecule has 0 aliphatic carbocycles. The second-order valence-electron chi connectivity index (χ2n) is 3.43. The number of aromatic nitrogens is 2. The Kier molecular flexibility index (Phi) is 3.92. The Morgan fingerprint density at radius 2 is 1.94 bits per heavy atom. The summed E-state index contributed by atoms with van der Waals surface area (Å²) in [5, 5.41) is 4.48. The van der Waals surface area contributed by atoms with Crippen molar-refractivity contribution in [3.05, 3.63) is 34.1 Å². The SMILES string of the molecule is CCC(Cl)c1noc(-c2c(Cl)cccc2Cl)n1. The molecule has 2 aromatic rings. The van der Waals surface area contributed by atoms with E-state index >= 15 is 0 Å². The molecule has 0 saturated heterocycles. The molecular formula is C11H9Cl3N2O. The van der Waals surface area contributed by atoms with Gasteiger partial charge in [0.25, 0.3) is 5.89 Å². The predicted molar refractivity (Wildman–Crippen MR) is 68.6 cm³/mol. The monoisotopic (exact) mass is 290 g/mol. The molecule has 3 nitrogen and oxygen atoms in total. The molecule has 90 valence electrons. The third-order valence-electron chi connectivity index (χ3n) is 2.26. The van der Waals surface area contributed by atoms with E-state index in [1.807, 2.05) is 6.92 Å². The summed E-state index contributed by atoms with van der Waals surface area (Å²) in [6.45, 7) is 1.94. The van der Waals surface area contributed by atoms with Crippen LogP contribution in [0.2, 0.25) is 10.0 Å². The minimum atomic E-state index is -0.270. The first kappa shape index (κ1) is 12.7. The van der Waals surface area contributed by atoms with Crippen molar-refractivity contribution in [2.45, 2.75) is 18.7 Å². The fraction of sp³-hybridized carbons (Fsp3) is 0.273. The normalized spacial score (nSPS) is 12.7. The van der Waals surface area contributed by atoms with E-state index in [1.165, 1.54) is 0 Å². The lowest BCUT2D eigenvalue weighted by Crippen LogP contribution is -1.91. The Balaban J connectivity index is 2.44. The smallest absolute Gasteiger partial charge is 0.261 e. The quantitative estimate of drug-likeness (QED) is 0.767. The highest BCUT2D eigenvalue weighted by Crippen LogP contribution is 2.34. The van der Waals surface area contributed by atoms with E-state index in [-0.39, 0.29) is 11.3 Å². The van der Waals surface area contributed by atoms with Crippen molar-refractivity contribution in [1.82, 2.24) is 10.1 Å². The third kappa shape index (κ3) is 2.57. The maximum Gasteiger partial charge on any atom is 0.261 e. The average Bonchev–Trinajstić information content (AvgIpc) is 2.77. The van der Waals surface area contributed by atoms with Crippen LogP contribution in [0.25, 0.3) is 11.5 Å². The van der Waals surface area contributed by atoms with Crippen molar-refractivity contribution in [3.63, 3.8) is 0 Å². The van der Waals surface area contributed by atoms with Crippen LogP contribution in [-0.4, -0.2) is 10.1 Å². The number of nitrogens with zero attached hydrogens (tertiary/aromatic N) is 2. The van der Waals surface area contributed by atoms with Gasteiger partial charge in [-0.05, 0) is 18.6 Å². The molecule has 1 aromatic carbocycles. The molecule has 6 heteroatoms. The number of benzene rings is 1. The Labute approximate surface area is 114 Å². The number of hydrogen-bond donors (Lipinski definition) is 0. The van der Waals surface area contributed by atoms with E-state index in [9.17, 15) is 0 Å². The van der Waals surface area contributed by atoms with Gasteiger partial charge in [-0.3, -0.25) is 0 Å². The lowest BCUT2D eigenvalue weighted by atomic mass is 10.2. The van der Waals surface area contributed by atoms with Gasteiger partial charge in [0.05, 0.1) is 21.0 Å². The van der Waals surface area contributed by atoms with Gasteiger partial charge in [-0.2, -0.15) is 4.98 Å². The molecule has 0 amide bonds. The molecule has 1 heterocycles. The van der Waals surface area contributed by atoms with Gasteiger partial charge in [0.15, 0.2) is 5.82 Å². The Morgan fingerprint density at radius 1 is 1.29 bits per heavy atom. The first-order valence-electron chi connectivity index (χ1n) is 5.05. The molecule has 1 aromatic heterocycles. The molecular weight excluding hydrogens is 282 g/mol. The average molecular weight is 292 g/mol. The molecule has 0 spiro atoms. The van der Waals surface area contributed by atoms with Crippen molar-refractivity contribution in [3.8, 4) is 11.5 Å². The molecule has 0 fully saturated rings. The molecule has 0 bridgehead atoms. The van der Waals surface area contributed by atoms with E-state index in [1.54, 1.807) is 18.2 Å². The Morgan fingerprint density at radius 3 is 2.53 bits per heavy atom. The molecule has 0 aliphatic heterocycles. The molecule has 0 radical (unpaired) electrons. The zero-order chi connectivity index (χ0) is 12.4. The predicted octanol–water partition coefficient (Wildman–Crippen LogP) is 4.73. The van der Waals surface area contributed by atoms with E-state index in [0.717, 1.165) is 6.42 Å². The molecule has 1 unspecified atom stereocenters. The maximum atomic E-state index is 6.04. The first-order valence-corrected chi connectivity index (χ1v) is 6.24. The van der Waals surface area contributed by atoms with Crippen LogP contribution in [0, 0.1) is 0 Å². The van der Waals surface area contributed by atoms with Crippen molar-refractivity contribution in [2.75, 3.05) is 0 Å². The Hall–Kier alpha value is -0.770. The van der Waals surface area contributed by atoms with Crippen molar-refractivity contribution >= 4 is 34.8 Å². The van der Waals surface area contributed by atoms with Crippen molar-refractivity contribution < 1.29 is 4.52 Å². The summed E-state index contributed by atoms with van der Waals surface area (Å²) >= 11 is 18.1. The summed E-state index contributed by atoms with van der Waals surface area (Å²) in [6, 6.07) is 5.18. The van der Waals surface area contributed by atoms with E-state index in [2.05, 4.69) is 10.1 Å². The molecule has 0 aliphatic rings. The highest BCUT2D eigenvalue weighted by Gasteiger charge is 2.18. The third-order valence-corrected chi connectivity index (χ3v) is 3.39. The number of halogens is 3. The van der Waals surface area contributed by atoms with Crippen LogP contribution < -0.4 is 0 Å². The van der Waals surface area contributed by atoms with Crippen LogP contribution in [-0.2, 0) is 0 Å². The van der Waals surface area contributed by atoms with Gasteiger partial charge in [-0.1, -0.05) is 41.3 Å². The molecule has 0 N–H and O–H groups in total. The minimum Gasteiger partial charge on any atom is -0.334 e. The summed E-state index contributed by atoms with van der Waals surface area (Å²) in [6.07, 6.45) is 0.719. The maximum absolute atomic E-state index is 6.04. The van der Waals surface area contributed by atoms with Gasteiger partial charge in [0.1, 0.15) is 0 Å². The van der Waals surface area contributed by atoms with E-state index in [4.69, 9.17) is 39.3 Å². The molecule has 0 saturated carbocycles. The largest absolute Gasteiger partial charge is 0.334 e. The fourth-order valence-corrected chi connectivity index (χ4v) is 2.00. The lowest BCUT2D eigenvalue weighted by molar-refractivity contribution is 0.421. The fourth-order valence-electron chi connectivity index (χ4n) is 1.35. The lowest BCUT2D eigenvalue weighted by Gasteiger charge is -2.00. The molecule has 2 rings (SSSR count). The number of rotatable bonds is 3. The van der Waals surface area contributed by atoms with Crippen LogP contribution in [0.15, 0.2) is 22.7 Å². The highest BCUT2D eigenvalue weighted by molar-refractivity contribution is 6.38. The van der Waals surface area contributed by atoms with Gasteiger partial charge < -0.3 is 4.52 Å². The zero-order valence-electron chi connectivity index (χ0n) is 8.95. The number of alkyl halides is 1. The van der Waals surface area contributed by atoms with Crippen LogP contribution in [0.1, 0.15) is 24.5 Å². The van der Waals surface area contributed by atoms with Crippen molar-refractivity contribution in [2.24, 2.45) is 0 Å². The van der Waals surface area contributed by atoms with Gasteiger partial charge >= 0.3 is 0 Å². The van der Waals surface area contributed by atoms with Gasteiger partial charge in [-0.15, -0.1) is 11.6 Å². The standard InChI is InChI=1S/C11H9Cl3N2O/c1-2-6(12)10-15-11(17-16-10)9-7(13)4-3-5-8(9)14/h3-6H,2H2,1H3.